The van der Waals surface area contributed by atoms with Gasteiger partial charge in [-0.1, -0.05) is 85.8 Å². The summed E-state index contributed by atoms with van der Waals surface area (Å²) in [5.41, 5.74) is 4.42. The molecule has 1 aliphatic heterocycles. The average Bonchev–Trinajstić information content (AvgIpc) is 3.04. The lowest BCUT2D eigenvalue weighted by Crippen LogP contribution is -2.48. The Kier molecular flexibility index (Phi) is 7.74. The first-order valence-corrected chi connectivity index (χ1v) is 14.5. The van der Waals surface area contributed by atoms with Crippen LogP contribution in [0.4, 0.5) is 11.4 Å². The third-order valence-corrected chi connectivity index (χ3v) is 8.09. The molecule has 0 aliphatic carbocycles. The third-order valence-electron chi connectivity index (χ3n) is 8.09. The first kappa shape index (κ1) is 27.3. The Balaban J connectivity index is 1.32. The Labute approximate surface area is 247 Å². The number of amides is 2. The molecule has 2 amide bonds. The summed E-state index contributed by atoms with van der Waals surface area (Å²) in [4.78, 5) is 31.6. The van der Waals surface area contributed by atoms with E-state index >= 15 is 0 Å². The van der Waals surface area contributed by atoms with Crippen molar-refractivity contribution in [2.24, 2.45) is 0 Å². The molecule has 0 radical (unpaired) electrons. The minimum atomic E-state index is -0.266. The van der Waals surface area contributed by atoms with Gasteiger partial charge >= 0.3 is 0 Å². The van der Waals surface area contributed by atoms with Gasteiger partial charge in [-0.2, -0.15) is 0 Å². The molecule has 2 atom stereocenters. The van der Waals surface area contributed by atoms with Crippen molar-refractivity contribution in [1.82, 2.24) is 0 Å². The third kappa shape index (κ3) is 5.38. The van der Waals surface area contributed by atoms with E-state index in [1.807, 2.05) is 125 Å². The maximum absolute atomic E-state index is 14.0. The van der Waals surface area contributed by atoms with Gasteiger partial charge in [0.05, 0.1) is 6.04 Å². The van der Waals surface area contributed by atoms with Crippen LogP contribution in [0.5, 0.6) is 5.75 Å². The summed E-state index contributed by atoms with van der Waals surface area (Å²) in [7, 11) is 0. The highest BCUT2D eigenvalue weighted by Gasteiger charge is 2.39. The average molecular weight is 555 g/mol. The summed E-state index contributed by atoms with van der Waals surface area (Å²) >= 11 is 0. The highest BCUT2D eigenvalue weighted by Crippen LogP contribution is 2.42. The molecular formula is C37H34N2O3. The lowest BCUT2D eigenvalue weighted by molar-refractivity contribution is -0.121. The first-order chi connectivity index (χ1) is 20.5. The molecule has 0 spiro atoms. The number of rotatable bonds is 7. The van der Waals surface area contributed by atoms with E-state index in [1.165, 1.54) is 5.56 Å². The van der Waals surface area contributed by atoms with Crippen LogP contribution in [0.15, 0.2) is 121 Å². The number of aryl methyl sites for hydroxylation is 1. The van der Waals surface area contributed by atoms with E-state index in [1.54, 1.807) is 0 Å². The van der Waals surface area contributed by atoms with Crippen molar-refractivity contribution < 1.29 is 14.3 Å². The second-order valence-electron chi connectivity index (χ2n) is 10.8. The molecule has 0 unspecified atom stereocenters. The van der Waals surface area contributed by atoms with Gasteiger partial charge in [-0.15, -0.1) is 0 Å². The number of ether oxygens (including phenoxy) is 1. The molecule has 42 heavy (non-hydrogen) atoms. The van der Waals surface area contributed by atoms with Crippen molar-refractivity contribution >= 4 is 34.0 Å². The molecule has 0 N–H and O–H groups in total. The van der Waals surface area contributed by atoms with E-state index < -0.39 is 0 Å². The summed E-state index contributed by atoms with van der Waals surface area (Å²) in [6.45, 7) is 4.06. The summed E-state index contributed by atoms with van der Waals surface area (Å²) in [6, 6.07) is 39.1. The van der Waals surface area contributed by atoms with Gasteiger partial charge in [0.2, 0.25) is 0 Å². The molecule has 1 aliphatic rings. The number of nitrogens with zero attached hydrogens (tertiary/aromatic N) is 2. The molecule has 0 aromatic heterocycles. The number of para-hydroxylation sites is 2. The van der Waals surface area contributed by atoms with Crippen molar-refractivity contribution in [3.05, 3.63) is 138 Å². The van der Waals surface area contributed by atoms with Gasteiger partial charge in [-0.25, -0.2) is 0 Å². The van der Waals surface area contributed by atoms with Gasteiger partial charge in [-0.05, 0) is 84.1 Å². The van der Waals surface area contributed by atoms with Crippen LogP contribution in [-0.2, 0) is 11.2 Å². The standard InChI is InChI=1S/C37H34N2O3/c1-3-27-17-19-29(20-18-27)37(41)38-26(2)23-35(33-15-9-10-16-34(33)38)39(31-13-5-4-6-14-31)36(40)25-42-32-22-21-28-11-7-8-12-30(28)24-32/h4-22,24,26,35H,3,23,25H2,1-2H3/t26-,35-/m1/s1. The van der Waals surface area contributed by atoms with E-state index in [4.69, 9.17) is 4.74 Å². The smallest absolute Gasteiger partial charge is 0.265 e. The van der Waals surface area contributed by atoms with Crippen molar-refractivity contribution in [1.29, 1.82) is 0 Å². The topological polar surface area (TPSA) is 49.9 Å². The minimum Gasteiger partial charge on any atom is -0.484 e. The normalized spacial score (nSPS) is 16.1. The van der Waals surface area contributed by atoms with Gasteiger partial charge in [0.25, 0.3) is 11.8 Å². The maximum Gasteiger partial charge on any atom is 0.265 e. The van der Waals surface area contributed by atoms with Crippen molar-refractivity contribution in [3.8, 4) is 5.75 Å². The second kappa shape index (κ2) is 11.9. The van der Waals surface area contributed by atoms with Crippen LogP contribution in [0.2, 0.25) is 0 Å². The number of carbonyl (C=O) groups is 2. The number of hydrogen-bond acceptors (Lipinski definition) is 3. The van der Waals surface area contributed by atoms with Crippen LogP contribution in [0.25, 0.3) is 10.8 Å². The molecule has 0 bridgehead atoms. The van der Waals surface area contributed by atoms with E-state index in [0.717, 1.165) is 34.1 Å². The Hall–Kier alpha value is -4.90. The number of carbonyl (C=O) groups excluding carboxylic acids is 2. The number of fused-ring (bicyclic) bond motifs is 2. The Bertz CT molecular complexity index is 1710. The van der Waals surface area contributed by atoms with E-state index in [0.29, 0.717) is 17.7 Å². The monoisotopic (exact) mass is 554 g/mol. The lowest BCUT2D eigenvalue weighted by Gasteiger charge is -2.43. The largest absolute Gasteiger partial charge is 0.484 e. The number of anilines is 2. The van der Waals surface area contributed by atoms with Gasteiger partial charge in [-0.3, -0.25) is 9.59 Å². The zero-order valence-corrected chi connectivity index (χ0v) is 23.9. The van der Waals surface area contributed by atoms with Gasteiger partial charge in [0.15, 0.2) is 6.61 Å². The van der Waals surface area contributed by atoms with Crippen molar-refractivity contribution in [2.45, 2.75) is 38.8 Å². The Morgan fingerprint density at radius 2 is 1.50 bits per heavy atom. The molecule has 5 aromatic carbocycles. The first-order valence-electron chi connectivity index (χ1n) is 14.5. The fourth-order valence-corrected chi connectivity index (χ4v) is 5.92. The van der Waals surface area contributed by atoms with Crippen LogP contribution >= 0.6 is 0 Å². The van der Waals surface area contributed by atoms with Gasteiger partial charge in [0, 0.05) is 23.0 Å². The van der Waals surface area contributed by atoms with Crippen LogP contribution in [0, 0.1) is 0 Å². The molecule has 1 heterocycles. The molecule has 5 aromatic rings. The molecule has 0 saturated heterocycles. The summed E-state index contributed by atoms with van der Waals surface area (Å²) in [6.07, 6.45) is 1.51. The van der Waals surface area contributed by atoms with E-state index in [9.17, 15) is 9.59 Å². The van der Waals surface area contributed by atoms with Gasteiger partial charge < -0.3 is 14.5 Å². The minimum absolute atomic E-state index is 0.0340. The zero-order valence-electron chi connectivity index (χ0n) is 23.9. The number of benzene rings is 5. The highest BCUT2D eigenvalue weighted by molar-refractivity contribution is 6.07. The predicted octanol–water partition coefficient (Wildman–Crippen LogP) is 7.99. The van der Waals surface area contributed by atoms with Crippen LogP contribution in [-0.4, -0.2) is 24.5 Å². The predicted molar refractivity (Wildman–Crippen MR) is 169 cm³/mol. The summed E-state index contributed by atoms with van der Waals surface area (Å²) < 4.78 is 6.06. The van der Waals surface area contributed by atoms with Crippen LogP contribution in [0.1, 0.15) is 47.8 Å². The molecule has 0 saturated carbocycles. The fraction of sp³-hybridized carbons (Fsp3) is 0.189. The van der Waals surface area contributed by atoms with Gasteiger partial charge in [0.1, 0.15) is 5.75 Å². The maximum atomic E-state index is 14.0. The van der Waals surface area contributed by atoms with Crippen molar-refractivity contribution in [3.63, 3.8) is 0 Å². The SMILES string of the molecule is CCc1ccc(C(=O)N2c3ccccc3[C@H](N(C(=O)COc3ccc4ccccc4c3)c3ccccc3)C[C@H]2C)cc1. The molecule has 5 heteroatoms. The lowest BCUT2D eigenvalue weighted by atomic mass is 9.89. The summed E-state index contributed by atoms with van der Waals surface area (Å²) in [5.74, 6) is 0.475. The summed E-state index contributed by atoms with van der Waals surface area (Å²) in [5, 5.41) is 2.18. The zero-order chi connectivity index (χ0) is 29.1. The number of hydrogen-bond donors (Lipinski definition) is 0. The molecule has 5 nitrogen and oxygen atoms in total. The van der Waals surface area contributed by atoms with E-state index in [2.05, 4.69) is 19.9 Å². The molecule has 6 rings (SSSR count). The highest BCUT2D eigenvalue weighted by atomic mass is 16.5. The fourth-order valence-electron chi connectivity index (χ4n) is 5.92. The molecule has 210 valence electrons. The quantitative estimate of drug-likeness (QED) is 0.205. The van der Waals surface area contributed by atoms with Crippen LogP contribution in [0.3, 0.4) is 0 Å². The van der Waals surface area contributed by atoms with Crippen molar-refractivity contribution in [2.75, 3.05) is 16.4 Å². The Morgan fingerprint density at radius 3 is 2.26 bits per heavy atom. The van der Waals surface area contributed by atoms with Crippen LogP contribution < -0.4 is 14.5 Å². The second-order valence-corrected chi connectivity index (χ2v) is 10.8. The molecule has 0 fully saturated rings. The molecular weight excluding hydrogens is 520 g/mol. The van der Waals surface area contributed by atoms with E-state index in [-0.39, 0.29) is 30.5 Å². The Morgan fingerprint density at radius 1 is 0.810 bits per heavy atom.